The van der Waals surface area contributed by atoms with Gasteiger partial charge in [-0.15, -0.1) is 0 Å². The van der Waals surface area contributed by atoms with Crippen LogP contribution in [0.15, 0.2) is 243 Å². The van der Waals surface area contributed by atoms with E-state index in [2.05, 4.69) is 252 Å². The van der Waals surface area contributed by atoms with Crippen LogP contribution < -0.4 is 4.90 Å². The minimum absolute atomic E-state index is 1.08. The second kappa shape index (κ2) is 15.1. The minimum atomic E-state index is 1.08. The highest BCUT2D eigenvalue weighted by Gasteiger charge is 2.21. The van der Waals surface area contributed by atoms with E-state index in [0.717, 1.165) is 28.3 Å². The summed E-state index contributed by atoms with van der Waals surface area (Å²) in [6.45, 7) is 0. The molecule has 11 aromatic rings. The number of para-hydroxylation sites is 2. The standard InChI is InChI=1S/C58H40N2/c1-5-18-41(19-6-1)44-32-34-50(35-33-44)59(52-38-47(42-20-7-2-8-21-42)36-48(39-52)43-22-9-3-10-23-43)51-28-17-25-45(37-51)55-40-46-24-13-14-29-53(46)58-57(55)54-30-15-16-31-56(54)60(58)49-26-11-4-12-27-49/h1-40H. The van der Waals surface area contributed by atoms with Crippen molar-refractivity contribution in [3.8, 4) is 50.2 Å². The minimum Gasteiger partial charge on any atom is -0.310 e. The van der Waals surface area contributed by atoms with Crippen LogP contribution in [0.25, 0.3) is 82.8 Å². The lowest BCUT2D eigenvalue weighted by Crippen LogP contribution is -2.10. The monoisotopic (exact) mass is 764 g/mol. The molecular weight excluding hydrogens is 725 g/mol. The zero-order chi connectivity index (χ0) is 39.8. The van der Waals surface area contributed by atoms with Gasteiger partial charge in [-0.3, -0.25) is 0 Å². The van der Waals surface area contributed by atoms with Gasteiger partial charge in [0.25, 0.3) is 0 Å². The topological polar surface area (TPSA) is 8.17 Å². The molecule has 1 heterocycles. The fraction of sp³-hybridized carbons (Fsp3) is 0. The summed E-state index contributed by atoms with van der Waals surface area (Å²) < 4.78 is 2.45. The van der Waals surface area contributed by atoms with E-state index in [4.69, 9.17) is 0 Å². The molecule has 0 atom stereocenters. The summed E-state index contributed by atoms with van der Waals surface area (Å²) in [5.41, 5.74) is 16.3. The lowest BCUT2D eigenvalue weighted by molar-refractivity contribution is 1.19. The zero-order valence-corrected chi connectivity index (χ0v) is 33.0. The predicted octanol–water partition coefficient (Wildman–Crippen LogP) is 16.1. The molecule has 0 saturated heterocycles. The molecule has 10 aromatic carbocycles. The third-order valence-electron chi connectivity index (χ3n) is 11.7. The van der Waals surface area contributed by atoms with Gasteiger partial charge < -0.3 is 9.47 Å². The number of hydrogen-bond donors (Lipinski definition) is 0. The number of hydrogen-bond acceptors (Lipinski definition) is 1. The van der Waals surface area contributed by atoms with Crippen LogP contribution in [0.5, 0.6) is 0 Å². The molecule has 0 saturated carbocycles. The van der Waals surface area contributed by atoms with E-state index >= 15 is 0 Å². The quantitative estimate of drug-likeness (QED) is 0.150. The van der Waals surface area contributed by atoms with E-state index in [1.807, 2.05) is 0 Å². The Hall–Kier alpha value is -7.94. The molecule has 282 valence electrons. The van der Waals surface area contributed by atoms with Crippen molar-refractivity contribution >= 4 is 49.6 Å². The summed E-state index contributed by atoms with van der Waals surface area (Å²) in [4.78, 5) is 2.42. The van der Waals surface area contributed by atoms with Gasteiger partial charge in [0.2, 0.25) is 0 Å². The second-order valence-corrected chi connectivity index (χ2v) is 15.4. The Bertz CT molecular complexity index is 3220. The number of anilines is 3. The number of rotatable bonds is 8. The molecule has 0 unspecified atom stereocenters. The highest BCUT2D eigenvalue weighted by atomic mass is 15.1. The van der Waals surface area contributed by atoms with Crippen molar-refractivity contribution in [2.24, 2.45) is 0 Å². The molecule has 0 amide bonds. The Kier molecular flexibility index (Phi) is 8.87. The van der Waals surface area contributed by atoms with Crippen molar-refractivity contribution in [2.75, 3.05) is 4.90 Å². The van der Waals surface area contributed by atoms with Crippen molar-refractivity contribution < 1.29 is 0 Å². The molecule has 0 fully saturated rings. The van der Waals surface area contributed by atoms with E-state index < -0.39 is 0 Å². The Labute approximate surface area is 350 Å². The molecule has 0 spiro atoms. The molecule has 2 nitrogen and oxygen atoms in total. The maximum absolute atomic E-state index is 2.45. The summed E-state index contributed by atoms with van der Waals surface area (Å²) in [6, 6.07) is 87.9. The normalized spacial score (nSPS) is 11.3. The molecule has 0 aliphatic rings. The van der Waals surface area contributed by atoms with Gasteiger partial charge in [0.15, 0.2) is 0 Å². The largest absolute Gasteiger partial charge is 0.310 e. The van der Waals surface area contributed by atoms with Gasteiger partial charge in [0, 0.05) is 38.9 Å². The molecule has 0 aliphatic heterocycles. The third kappa shape index (κ3) is 6.32. The van der Waals surface area contributed by atoms with Gasteiger partial charge in [0.05, 0.1) is 11.0 Å². The van der Waals surface area contributed by atoms with Gasteiger partial charge in [-0.25, -0.2) is 0 Å². The summed E-state index contributed by atoms with van der Waals surface area (Å²) in [5, 5.41) is 4.93. The summed E-state index contributed by atoms with van der Waals surface area (Å²) in [7, 11) is 0. The molecule has 60 heavy (non-hydrogen) atoms. The first-order valence-corrected chi connectivity index (χ1v) is 20.6. The Morgan fingerprint density at radius 3 is 1.45 bits per heavy atom. The molecule has 11 rings (SSSR count). The van der Waals surface area contributed by atoms with E-state index in [1.54, 1.807) is 0 Å². The van der Waals surface area contributed by atoms with E-state index in [0.29, 0.717) is 0 Å². The maximum Gasteiger partial charge on any atom is 0.0625 e. The van der Waals surface area contributed by atoms with Gasteiger partial charge in [-0.05, 0) is 117 Å². The maximum atomic E-state index is 2.45. The van der Waals surface area contributed by atoms with Crippen LogP contribution in [-0.4, -0.2) is 4.57 Å². The summed E-state index contributed by atoms with van der Waals surface area (Å²) in [5.74, 6) is 0. The fourth-order valence-electron chi connectivity index (χ4n) is 8.93. The number of aromatic nitrogens is 1. The van der Waals surface area contributed by atoms with Crippen molar-refractivity contribution in [1.29, 1.82) is 0 Å². The predicted molar refractivity (Wildman–Crippen MR) is 255 cm³/mol. The molecular formula is C58H40N2. The van der Waals surface area contributed by atoms with Crippen LogP contribution in [0.1, 0.15) is 0 Å². The fourth-order valence-corrected chi connectivity index (χ4v) is 8.93. The second-order valence-electron chi connectivity index (χ2n) is 15.4. The third-order valence-corrected chi connectivity index (χ3v) is 11.7. The van der Waals surface area contributed by atoms with Crippen molar-refractivity contribution in [3.05, 3.63) is 243 Å². The van der Waals surface area contributed by atoms with Crippen LogP contribution in [0.2, 0.25) is 0 Å². The highest BCUT2D eigenvalue weighted by Crippen LogP contribution is 2.45. The first-order chi connectivity index (χ1) is 29.8. The zero-order valence-electron chi connectivity index (χ0n) is 33.0. The van der Waals surface area contributed by atoms with Crippen molar-refractivity contribution in [2.45, 2.75) is 0 Å². The van der Waals surface area contributed by atoms with Crippen LogP contribution >= 0.6 is 0 Å². The smallest absolute Gasteiger partial charge is 0.0625 e. The first kappa shape index (κ1) is 35.2. The van der Waals surface area contributed by atoms with Gasteiger partial charge >= 0.3 is 0 Å². The van der Waals surface area contributed by atoms with Gasteiger partial charge in [-0.2, -0.15) is 0 Å². The molecule has 0 bridgehead atoms. The number of nitrogens with zero attached hydrogens (tertiary/aromatic N) is 2. The lowest BCUT2D eigenvalue weighted by Gasteiger charge is -2.27. The van der Waals surface area contributed by atoms with Gasteiger partial charge in [0.1, 0.15) is 0 Å². The number of fused-ring (bicyclic) bond motifs is 5. The Balaban J connectivity index is 1.16. The van der Waals surface area contributed by atoms with Crippen LogP contribution in [-0.2, 0) is 0 Å². The first-order valence-electron chi connectivity index (χ1n) is 20.6. The van der Waals surface area contributed by atoms with E-state index in [9.17, 15) is 0 Å². The molecule has 0 aliphatic carbocycles. The average Bonchev–Trinajstić information content (AvgIpc) is 3.68. The number of benzene rings is 10. The Morgan fingerprint density at radius 2 is 0.800 bits per heavy atom. The SMILES string of the molecule is c1ccc(-c2ccc(N(c3cc(-c4ccccc4)cc(-c4ccccc4)c3)c3cccc(-c4cc5ccccc5c5c4c4ccccc4n5-c4ccccc4)c3)cc2)cc1. The highest BCUT2D eigenvalue weighted by molar-refractivity contribution is 6.24. The van der Waals surface area contributed by atoms with Crippen LogP contribution in [0.3, 0.4) is 0 Å². The molecule has 2 heteroatoms. The van der Waals surface area contributed by atoms with E-state index in [-0.39, 0.29) is 0 Å². The van der Waals surface area contributed by atoms with E-state index in [1.165, 1.54) is 71.5 Å². The molecule has 0 N–H and O–H groups in total. The summed E-state index contributed by atoms with van der Waals surface area (Å²) in [6.07, 6.45) is 0. The average molecular weight is 765 g/mol. The molecule has 1 aromatic heterocycles. The molecule has 0 radical (unpaired) electrons. The van der Waals surface area contributed by atoms with Crippen molar-refractivity contribution in [3.63, 3.8) is 0 Å². The summed E-state index contributed by atoms with van der Waals surface area (Å²) >= 11 is 0. The Morgan fingerprint density at radius 1 is 0.300 bits per heavy atom. The van der Waals surface area contributed by atoms with Crippen molar-refractivity contribution in [1.82, 2.24) is 4.57 Å². The van der Waals surface area contributed by atoms with Crippen LogP contribution in [0.4, 0.5) is 17.1 Å². The van der Waals surface area contributed by atoms with Gasteiger partial charge in [-0.1, -0.05) is 176 Å². The van der Waals surface area contributed by atoms with Crippen LogP contribution in [0, 0.1) is 0 Å². The lowest BCUT2D eigenvalue weighted by atomic mass is 9.94.